The predicted molar refractivity (Wildman–Crippen MR) is 58.4 cm³/mol. The first kappa shape index (κ1) is 10.4. The van der Waals surface area contributed by atoms with Crippen molar-refractivity contribution in [3.8, 4) is 0 Å². The SMILES string of the molecule is CC(C)CN1CCC2(CCOC2)CC1. The van der Waals surface area contributed by atoms with E-state index in [1.54, 1.807) is 0 Å². The zero-order chi connectivity index (χ0) is 10.0. The van der Waals surface area contributed by atoms with Gasteiger partial charge in [-0.2, -0.15) is 0 Å². The summed E-state index contributed by atoms with van der Waals surface area (Å²) in [6.45, 7) is 10.5. The van der Waals surface area contributed by atoms with Crippen LogP contribution < -0.4 is 0 Å². The smallest absolute Gasteiger partial charge is 0.0524 e. The third-order valence-electron chi connectivity index (χ3n) is 3.73. The highest BCUT2D eigenvalue weighted by Crippen LogP contribution is 2.38. The highest BCUT2D eigenvalue weighted by atomic mass is 16.5. The predicted octanol–water partition coefficient (Wildman–Crippen LogP) is 2.14. The molecule has 0 aliphatic carbocycles. The van der Waals surface area contributed by atoms with E-state index in [-0.39, 0.29) is 0 Å². The number of hydrogen-bond donors (Lipinski definition) is 0. The fourth-order valence-corrected chi connectivity index (χ4v) is 2.77. The maximum Gasteiger partial charge on any atom is 0.0524 e. The van der Waals surface area contributed by atoms with Crippen molar-refractivity contribution in [1.29, 1.82) is 0 Å². The summed E-state index contributed by atoms with van der Waals surface area (Å²) in [7, 11) is 0. The Labute approximate surface area is 87.6 Å². The molecule has 2 fully saturated rings. The van der Waals surface area contributed by atoms with Gasteiger partial charge in [-0.25, -0.2) is 0 Å². The standard InChI is InChI=1S/C12H23NO/c1-11(2)9-13-6-3-12(4-7-13)5-8-14-10-12/h11H,3-10H2,1-2H3. The van der Waals surface area contributed by atoms with Gasteiger partial charge in [0.05, 0.1) is 6.61 Å². The molecule has 0 saturated carbocycles. The third kappa shape index (κ3) is 2.29. The van der Waals surface area contributed by atoms with Crippen LogP contribution in [0, 0.1) is 11.3 Å². The van der Waals surface area contributed by atoms with Gasteiger partial charge in [-0.05, 0) is 43.7 Å². The summed E-state index contributed by atoms with van der Waals surface area (Å²) in [5.74, 6) is 0.809. The summed E-state index contributed by atoms with van der Waals surface area (Å²) in [6.07, 6.45) is 4.03. The number of rotatable bonds is 2. The lowest BCUT2D eigenvalue weighted by molar-refractivity contribution is 0.0753. The second-order valence-corrected chi connectivity index (χ2v) is 5.50. The van der Waals surface area contributed by atoms with E-state index in [2.05, 4.69) is 18.7 Å². The molecule has 14 heavy (non-hydrogen) atoms. The van der Waals surface area contributed by atoms with Gasteiger partial charge < -0.3 is 9.64 Å². The Morgan fingerprint density at radius 3 is 2.43 bits per heavy atom. The number of nitrogens with zero attached hydrogens (tertiary/aromatic N) is 1. The van der Waals surface area contributed by atoms with E-state index in [0.29, 0.717) is 5.41 Å². The molecule has 0 unspecified atom stereocenters. The van der Waals surface area contributed by atoms with Crippen LogP contribution in [0.15, 0.2) is 0 Å². The molecule has 2 rings (SSSR count). The van der Waals surface area contributed by atoms with E-state index in [1.807, 2.05) is 0 Å². The Hall–Kier alpha value is -0.0800. The van der Waals surface area contributed by atoms with Crippen molar-refractivity contribution in [1.82, 2.24) is 4.90 Å². The molecule has 0 N–H and O–H groups in total. The number of piperidine rings is 1. The van der Waals surface area contributed by atoms with Crippen molar-refractivity contribution in [2.75, 3.05) is 32.8 Å². The van der Waals surface area contributed by atoms with Crippen LogP contribution in [0.3, 0.4) is 0 Å². The minimum atomic E-state index is 0.577. The molecule has 2 aliphatic rings. The molecule has 2 heteroatoms. The average molecular weight is 197 g/mol. The van der Waals surface area contributed by atoms with E-state index < -0.39 is 0 Å². The second-order valence-electron chi connectivity index (χ2n) is 5.50. The minimum absolute atomic E-state index is 0.577. The Bertz CT molecular complexity index is 175. The fourth-order valence-electron chi connectivity index (χ4n) is 2.77. The van der Waals surface area contributed by atoms with Crippen molar-refractivity contribution >= 4 is 0 Å². The largest absolute Gasteiger partial charge is 0.381 e. The Kier molecular flexibility index (Phi) is 3.13. The molecule has 0 atom stereocenters. The first-order valence-electron chi connectivity index (χ1n) is 6.00. The maximum atomic E-state index is 5.54. The van der Waals surface area contributed by atoms with Gasteiger partial charge in [-0.3, -0.25) is 0 Å². The molecule has 2 saturated heterocycles. The molecule has 82 valence electrons. The highest BCUT2D eigenvalue weighted by molar-refractivity contribution is 4.88. The van der Waals surface area contributed by atoms with Crippen LogP contribution in [0.2, 0.25) is 0 Å². The van der Waals surface area contributed by atoms with Crippen LogP contribution in [0.1, 0.15) is 33.1 Å². The summed E-state index contributed by atoms with van der Waals surface area (Å²) in [6, 6.07) is 0. The van der Waals surface area contributed by atoms with Crippen LogP contribution >= 0.6 is 0 Å². The van der Waals surface area contributed by atoms with Crippen LogP contribution in [0.4, 0.5) is 0 Å². The van der Waals surface area contributed by atoms with Crippen LogP contribution in [0.5, 0.6) is 0 Å². The molecule has 0 aromatic heterocycles. The van der Waals surface area contributed by atoms with Crippen molar-refractivity contribution in [3.05, 3.63) is 0 Å². The molecule has 2 nitrogen and oxygen atoms in total. The molecule has 0 bridgehead atoms. The van der Waals surface area contributed by atoms with Gasteiger partial charge in [-0.1, -0.05) is 13.8 Å². The summed E-state index contributed by atoms with van der Waals surface area (Å²) in [4.78, 5) is 2.62. The Morgan fingerprint density at radius 2 is 1.93 bits per heavy atom. The van der Waals surface area contributed by atoms with Gasteiger partial charge in [0.1, 0.15) is 0 Å². The molecule has 0 amide bonds. The quantitative estimate of drug-likeness (QED) is 0.672. The van der Waals surface area contributed by atoms with Gasteiger partial charge in [-0.15, -0.1) is 0 Å². The maximum absolute atomic E-state index is 5.54. The van der Waals surface area contributed by atoms with Crippen molar-refractivity contribution < 1.29 is 4.74 Å². The zero-order valence-corrected chi connectivity index (χ0v) is 9.59. The van der Waals surface area contributed by atoms with Crippen molar-refractivity contribution in [3.63, 3.8) is 0 Å². The highest BCUT2D eigenvalue weighted by Gasteiger charge is 2.37. The van der Waals surface area contributed by atoms with E-state index >= 15 is 0 Å². The molecule has 0 aromatic rings. The van der Waals surface area contributed by atoms with E-state index in [0.717, 1.165) is 19.1 Å². The van der Waals surface area contributed by atoms with Crippen LogP contribution in [0.25, 0.3) is 0 Å². The first-order chi connectivity index (χ1) is 6.70. The average Bonchev–Trinajstić information content (AvgIpc) is 2.58. The van der Waals surface area contributed by atoms with E-state index in [4.69, 9.17) is 4.74 Å². The van der Waals surface area contributed by atoms with Gasteiger partial charge in [0, 0.05) is 13.2 Å². The van der Waals surface area contributed by atoms with Gasteiger partial charge in [0.15, 0.2) is 0 Å². The topological polar surface area (TPSA) is 12.5 Å². The van der Waals surface area contributed by atoms with Crippen LogP contribution in [-0.2, 0) is 4.74 Å². The summed E-state index contributed by atoms with van der Waals surface area (Å²) in [5.41, 5.74) is 0.577. The molecule has 2 heterocycles. The molecule has 2 aliphatic heterocycles. The monoisotopic (exact) mass is 197 g/mol. The van der Waals surface area contributed by atoms with Crippen molar-refractivity contribution in [2.24, 2.45) is 11.3 Å². The van der Waals surface area contributed by atoms with E-state index in [9.17, 15) is 0 Å². The van der Waals surface area contributed by atoms with Crippen molar-refractivity contribution in [2.45, 2.75) is 33.1 Å². The number of hydrogen-bond acceptors (Lipinski definition) is 2. The number of ether oxygens (including phenoxy) is 1. The lowest BCUT2D eigenvalue weighted by Gasteiger charge is -2.38. The lowest BCUT2D eigenvalue weighted by atomic mass is 9.78. The first-order valence-corrected chi connectivity index (χ1v) is 6.00. The Balaban J connectivity index is 1.79. The Morgan fingerprint density at radius 1 is 1.21 bits per heavy atom. The third-order valence-corrected chi connectivity index (χ3v) is 3.73. The summed E-state index contributed by atoms with van der Waals surface area (Å²) >= 11 is 0. The fraction of sp³-hybridized carbons (Fsp3) is 1.00. The van der Waals surface area contributed by atoms with Gasteiger partial charge in [0.25, 0.3) is 0 Å². The minimum Gasteiger partial charge on any atom is -0.381 e. The summed E-state index contributed by atoms with van der Waals surface area (Å²) in [5, 5.41) is 0. The number of likely N-dealkylation sites (tertiary alicyclic amines) is 1. The molecular weight excluding hydrogens is 174 g/mol. The summed E-state index contributed by atoms with van der Waals surface area (Å²) < 4.78 is 5.54. The zero-order valence-electron chi connectivity index (χ0n) is 9.59. The van der Waals surface area contributed by atoms with Gasteiger partial charge in [0.2, 0.25) is 0 Å². The lowest BCUT2D eigenvalue weighted by Crippen LogP contribution is -2.41. The second kappa shape index (κ2) is 4.19. The van der Waals surface area contributed by atoms with Crippen LogP contribution in [-0.4, -0.2) is 37.7 Å². The molecule has 0 aromatic carbocycles. The molecule has 1 spiro atoms. The normalized spacial score (nSPS) is 27.6. The molecule has 0 radical (unpaired) electrons. The molecular formula is C12H23NO. The van der Waals surface area contributed by atoms with Gasteiger partial charge >= 0.3 is 0 Å². The van der Waals surface area contributed by atoms with E-state index in [1.165, 1.54) is 38.9 Å².